The van der Waals surface area contributed by atoms with Crippen molar-refractivity contribution in [2.45, 2.75) is 116 Å². The van der Waals surface area contributed by atoms with Crippen LogP contribution in [0.15, 0.2) is 0 Å². The van der Waals surface area contributed by atoms with Gasteiger partial charge in [0.1, 0.15) is 0 Å². The molecule has 176 valence electrons. The molecule has 0 aromatic rings. The van der Waals surface area contributed by atoms with Crippen molar-refractivity contribution in [2.75, 3.05) is 26.2 Å². The second-order valence-corrected chi connectivity index (χ2v) is 10.5. The number of aliphatic hydroxyl groups is 3. The van der Waals surface area contributed by atoms with Gasteiger partial charge < -0.3 is 20.2 Å². The number of carbonyl (C=O) groups excluding carboxylic acids is 1. The van der Waals surface area contributed by atoms with Crippen LogP contribution in [-0.2, 0) is 4.79 Å². The Morgan fingerprint density at radius 1 is 0.967 bits per heavy atom. The van der Waals surface area contributed by atoms with Crippen molar-refractivity contribution >= 4 is 5.91 Å². The molecule has 2 aliphatic rings. The molecule has 3 atom stereocenters. The number of amides is 1. The van der Waals surface area contributed by atoms with E-state index in [4.69, 9.17) is 0 Å². The highest BCUT2D eigenvalue weighted by Crippen LogP contribution is 2.27. The molecule has 1 amide bonds. The van der Waals surface area contributed by atoms with E-state index in [-0.39, 0.29) is 18.1 Å². The van der Waals surface area contributed by atoms with E-state index >= 15 is 0 Å². The molecule has 0 spiro atoms. The van der Waals surface area contributed by atoms with E-state index in [0.29, 0.717) is 24.9 Å². The molecule has 0 radical (unpaired) electrons. The second-order valence-electron chi connectivity index (χ2n) is 10.5. The summed E-state index contributed by atoms with van der Waals surface area (Å²) in [6, 6.07) is 0.351. The SMILES string of the molecule is CC(C)(C)C(=O)N(CCCCCCN1C[C@H](O)[C@@H](O)C[C@H]1CO)C1CCCCCC1. The van der Waals surface area contributed by atoms with Gasteiger partial charge in [0.15, 0.2) is 0 Å². The van der Waals surface area contributed by atoms with Crippen LogP contribution in [0.4, 0.5) is 0 Å². The summed E-state index contributed by atoms with van der Waals surface area (Å²) < 4.78 is 0. The molecular weight excluding hydrogens is 380 g/mol. The van der Waals surface area contributed by atoms with Gasteiger partial charge in [0.05, 0.1) is 18.8 Å². The molecule has 2 fully saturated rings. The van der Waals surface area contributed by atoms with E-state index < -0.39 is 12.2 Å². The minimum atomic E-state index is -0.728. The first-order valence-electron chi connectivity index (χ1n) is 12.3. The average molecular weight is 427 g/mol. The average Bonchev–Trinajstić information content (AvgIpc) is 2.98. The van der Waals surface area contributed by atoms with Crippen molar-refractivity contribution in [3.63, 3.8) is 0 Å². The zero-order chi connectivity index (χ0) is 22.1. The molecule has 3 N–H and O–H groups in total. The molecule has 1 heterocycles. The maximum absolute atomic E-state index is 13.1. The Bertz CT molecular complexity index is 500. The highest BCUT2D eigenvalue weighted by molar-refractivity contribution is 5.81. The zero-order valence-corrected chi connectivity index (χ0v) is 19.6. The fraction of sp³-hybridized carbons (Fsp3) is 0.958. The standard InChI is InChI=1S/C24H46N2O4/c1-24(2,3)23(30)26(19-12-8-4-5-9-13-19)15-11-7-6-10-14-25-17-22(29)21(28)16-20(25)18-27/h19-22,27-29H,4-18H2,1-3H3/t20-,21-,22-/m0/s1. The van der Waals surface area contributed by atoms with Crippen LogP contribution in [0, 0.1) is 5.41 Å². The molecule has 6 nitrogen and oxygen atoms in total. The summed E-state index contributed by atoms with van der Waals surface area (Å²) >= 11 is 0. The van der Waals surface area contributed by atoms with Gasteiger partial charge in [-0.3, -0.25) is 9.69 Å². The van der Waals surface area contributed by atoms with E-state index in [9.17, 15) is 20.1 Å². The number of likely N-dealkylation sites (tertiary alicyclic amines) is 1. The highest BCUT2D eigenvalue weighted by atomic mass is 16.3. The molecule has 0 unspecified atom stereocenters. The Morgan fingerprint density at radius 3 is 2.20 bits per heavy atom. The quantitative estimate of drug-likeness (QED) is 0.390. The van der Waals surface area contributed by atoms with E-state index in [1.807, 2.05) is 20.8 Å². The predicted octanol–water partition coefficient (Wildman–Crippen LogP) is 2.93. The summed E-state index contributed by atoms with van der Waals surface area (Å²) in [4.78, 5) is 17.4. The van der Waals surface area contributed by atoms with Crippen molar-refractivity contribution in [2.24, 2.45) is 5.41 Å². The lowest BCUT2D eigenvalue weighted by atomic mass is 9.92. The number of β-amino-alcohol motifs (C(OH)–C–C–N with tert-alkyl or cyclic N) is 1. The topological polar surface area (TPSA) is 84.2 Å². The summed E-state index contributed by atoms with van der Waals surface area (Å²) in [6.45, 7) is 8.23. The Labute approximate surface area is 183 Å². The first kappa shape index (κ1) is 25.6. The van der Waals surface area contributed by atoms with Crippen molar-refractivity contribution in [1.82, 2.24) is 9.80 Å². The van der Waals surface area contributed by atoms with Crippen molar-refractivity contribution in [1.29, 1.82) is 0 Å². The smallest absolute Gasteiger partial charge is 0.228 e. The van der Waals surface area contributed by atoms with Crippen molar-refractivity contribution < 1.29 is 20.1 Å². The first-order chi connectivity index (χ1) is 14.2. The highest BCUT2D eigenvalue weighted by Gasteiger charge is 2.33. The van der Waals surface area contributed by atoms with E-state index in [1.54, 1.807) is 0 Å². The van der Waals surface area contributed by atoms with Gasteiger partial charge in [0.25, 0.3) is 0 Å². The summed E-state index contributed by atoms with van der Waals surface area (Å²) in [6.07, 6.45) is 10.6. The minimum Gasteiger partial charge on any atom is -0.395 e. The van der Waals surface area contributed by atoms with Crippen LogP contribution >= 0.6 is 0 Å². The van der Waals surface area contributed by atoms with Gasteiger partial charge in [-0.2, -0.15) is 0 Å². The van der Waals surface area contributed by atoms with Crippen LogP contribution < -0.4 is 0 Å². The Hall–Kier alpha value is -0.690. The van der Waals surface area contributed by atoms with Gasteiger partial charge in [-0.05, 0) is 38.6 Å². The summed E-state index contributed by atoms with van der Waals surface area (Å²) in [5.41, 5.74) is -0.328. The van der Waals surface area contributed by atoms with Gasteiger partial charge in [0.2, 0.25) is 5.91 Å². The predicted molar refractivity (Wildman–Crippen MR) is 120 cm³/mol. The van der Waals surface area contributed by atoms with Crippen molar-refractivity contribution in [3.8, 4) is 0 Å². The maximum Gasteiger partial charge on any atom is 0.228 e. The number of piperidine rings is 1. The Balaban J connectivity index is 1.76. The lowest BCUT2D eigenvalue weighted by Crippen LogP contribution is -2.53. The fourth-order valence-electron chi connectivity index (χ4n) is 4.96. The molecule has 1 aliphatic heterocycles. The summed E-state index contributed by atoms with van der Waals surface area (Å²) in [7, 11) is 0. The van der Waals surface area contributed by atoms with Gasteiger partial charge in [0, 0.05) is 30.6 Å². The van der Waals surface area contributed by atoms with E-state index in [0.717, 1.165) is 51.6 Å². The Kier molecular flexibility index (Phi) is 10.5. The third-order valence-corrected chi connectivity index (χ3v) is 6.87. The van der Waals surface area contributed by atoms with Gasteiger partial charge in [-0.15, -0.1) is 0 Å². The second kappa shape index (κ2) is 12.4. The third-order valence-electron chi connectivity index (χ3n) is 6.87. The van der Waals surface area contributed by atoms with Gasteiger partial charge in [-0.1, -0.05) is 59.3 Å². The maximum atomic E-state index is 13.1. The van der Waals surface area contributed by atoms with E-state index in [1.165, 1.54) is 25.7 Å². The van der Waals surface area contributed by atoms with Crippen LogP contribution in [-0.4, -0.2) is 81.6 Å². The van der Waals surface area contributed by atoms with Crippen LogP contribution in [0.2, 0.25) is 0 Å². The van der Waals surface area contributed by atoms with Gasteiger partial charge >= 0.3 is 0 Å². The van der Waals surface area contributed by atoms with E-state index in [2.05, 4.69) is 9.80 Å². The molecule has 1 saturated heterocycles. The molecule has 1 aliphatic carbocycles. The summed E-state index contributed by atoms with van der Waals surface area (Å²) in [5.74, 6) is 0.293. The monoisotopic (exact) mass is 426 g/mol. The number of aliphatic hydroxyl groups excluding tert-OH is 3. The van der Waals surface area contributed by atoms with Crippen molar-refractivity contribution in [3.05, 3.63) is 0 Å². The van der Waals surface area contributed by atoms with Crippen LogP contribution in [0.25, 0.3) is 0 Å². The van der Waals surface area contributed by atoms with Crippen LogP contribution in [0.5, 0.6) is 0 Å². The lowest BCUT2D eigenvalue weighted by molar-refractivity contribution is -0.142. The number of hydrogen-bond donors (Lipinski definition) is 3. The fourth-order valence-corrected chi connectivity index (χ4v) is 4.96. The summed E-state index contributed by atoms with van der Waals surface area (Å²) in [5, 5.41) is 29.3. The Morgan fingerprint density at radius 2 is 1.60 bits per heavy atom. The number of nitrogens with zero attached hydrogens (tertiary/aromatic N) is 2. The molecule has 0 bridgehead atoms. The van der Waals surface area contributed by atoms with Gasteiger partial charge in [-0.25, -0.2) is 0 Å². The number of unbranched alkanes of at least 4 members (excludes halogenated alkanes) is 3. The van der Waals surface area contributed by atoms with Crippen LogP contribution in [0.3, 0.4) is 0 Å². The molecular formula is C24H46N2O4. The molecule has 30 heavy (non-hydrogen) atoms. The zero-order valence-electron chi connectivity index (χ0n) is 19.6. The molecule has 1 saturated carbocycles. The molecule has 2 rings (SSSR count). The largest absolute Gasteiger partial charge is 0.395 e. The normalized spacial score (nSPS) is 27.1. The number of hydrogen-bond acceptors (Lipinski definition) is 5. The molecule has 0 aromatic heterocycles. The lowest BCUT2D eigenvalue weighted by Gasteiger charge is -2.39. The molecule has 0 aromatic carbocycles. The number of carbonyl (C=O) groups is 1. The molecule has 6 heteroatoms. The minimum absolute atomic E-state index is 0.0229. The number of rotatable bonds is 9. The van der Waals surface area contributed by atoms with Crippen LogP contribution in [0.1, 0.15) is 91.4 Å². The first-order valence-corrected chi connectivity index (χ1v) is 12.3. The third kappa shape index (κ3) is 7.77.